The van der Waals surface area contributed by atoms with Crippen LogP contribution in [0.3, 0.4) is 0 Å². The molecule has 1 heterocycles. The maximum Gasteiger partial charge on any atom is 0.188 e. The fraction of sp³-hybridized carbons (Fsp3) is 0.321. The van der Waals surface area contributed by atoms with Gasteiger partial charge in [0, 0.05) is 44.7 Å². The zero-order chi connectivity index (χ0) is 21.4. The molecule has 5 rings (SSSR count). The van der Waals surface area contributed by atoms with E-state index in [1.165, 1.54) is 22.3 Å². The van der Waals surface area contributed by atoms with Gasteiger partial charge in [0.2, 0.25) is 0 Å². The van der Waals surface area contributed by atoms with Crippen molar-refractivity contribution < 1.29 is 4.79 Å². The van der Waals surface area contributed by atoms with Gasteiger partial charge >= 0.3 is 0 Å². The Bertz CT molecular complexity index is 1110. The lowest BCUT2D eigenvalue weighted by Gasteiger charge is -2.45. The molecule has 1 saturated heterocycles. The van der Waals surface area contributed by atoms with Crippen LogP contribution in [0.2, 0.25) is 0 Å². The maximum atomic E-state index is 13.9. The predicted octanol–water partition coefficient (Wildman–Crippen LogP) is 4.76. The Balaban J connectivity index is 1.43. The highest BCUT2D eigenvalue weighted by molar-refractivity contribution is 6.08. The summed E-state index contributed by atoms with van der Waals surface area (Å²) >= 11 is 0. The number of piperazine rings is 1. The molecule has 0 spiro atoms. The molecule has 3 aromatic carbocycles. The van der Waals surface area contributed by atoms with Crippen LogP contribution in [0, 0.1) is 13.8 Å². The molecule has 158 valence electrons. The minimum absolute atomic E-state index is 0.265. The summed E-state index contributed by atoms with van der Waals surface area (Å²) in [4.78, 5) is 18.9. The van der Waals surface area contributed by atoms with Crippen LogP contribution in [0.5, 0.6) is 0 Å². The van der Waals surface area contributed by atoms with E-state index >= 15 is 0 Å². The summed E-state index contributed by atoms with van der Waals surface area (Å²) in [6.07, 6.45) is 0.767. The molecule has 0 bridgehead atoms. The molecule has 0 saturated carbocycles. The number of nitrogens with zero attached hydrogens (tertiary/aromatic N) is 2. The molecule has 1 aliphatic carbocycles. The van der Waals surface area contributed by atoms with Crippen molar-refractivity contribution in [3.63, 3.8) is 0 Å². The predicted molar refractivity (Wildman–Crippen MR) is 125 cm³/mol. The molecule has 1 aliphatic heterocycles. The molecule has 3 heteroatoms. The molecule has 0 aromatic heterocycles. The van der Waals surface area contributed by atoms with Crippen LogP contribution in [-0.4, -0.2) is 41.8 Å². The summed E-state index contributed by atoms with van der Waals surface area (Å²) in [6, 6.07) is 25.4. The zero-order valence-electron chi connectivity index (χ0n) is 18.5. The number of fused-ring (bicyclic) bond motifs is 1. The molecule has 31 heavy (non-hydrogen) atoms. The summed E-state index contributed by atoms with van der Waals surface area (Å²) in [6.45, 7) is 9.04. The smallest absolute Gasteiger partial charge is 0.188 e. The second-order valence-corrected chi connectivity index (χ2v) is 9.08. The summed E-state index contributed by atoms with van der Waals surface area (Å²) in [7, 11) is 0. The van der Waals surface area contributed by atoms with E-state index < -0.39 is 5.54 Å². The second-order valence-electron chi connectivity index (χ2n) is 9.08. The average Bonchev–Trinajstić information content (AvgIpc) is 3.09. The van der Waals surface area contributed by atoms with Gasteiger partial charge in [-0.1, -0.05) is 78.4 Å². The van der Waals surface area contributed by atoms with Crippen molar-refractivity contribution in [1.82, 2.24) is 9.80 Å². The van der Waals surface area contributed by atoms with Crippen LogP contribution in [-0.2, 0) is 18.5 Å². The van der Waals surface area contributed by atoms with Gasteiger partial charge in [0.15, 0.2) is 5.78 Å². The Labute approximate surface area is 185 Å². The summed E-state index contributed by atoms with van der Waals surface area (Å²) in [5.41, 5.74) is 6.59. The summed E-state index contributed by atoms with van der Waals surface area (Å²) < 4.78 is 0. The van der Waals surface area contributed by atoms with E-state index in [2.05, 4.69) is 84.3 Å². The topological polar surface area (TPSA) is 23.6 Å². The Morgan fingerprint density at radius 1 is 0.839 bits per heavy atom. The first-order valence-electron chi connectivity index (χ1n) is 11.3. The average molecular weight is 411 g/mol. The standard InChI is InChI=1S/C28H30N2O/c1-21-8-7-12-25(18-21)28(19-23-10-5-6-13-26(23)27(28)31)30-16-14-29(15-17-30)20-24-11-4-3-9-22(24)2/h3-13,18H,14-17,19-20H2,1-2H3/t28-/m1/s1. The number of hydrogen-bond acceptors (Lipinski definition) is 3. The number of ketones is 1. The van der Waals surface area contributed by atoms with Crippen molar-refractivity contribution in [3.8, 4) is 0 Å². The molecule has 1 atom stereocenters. The number of Topliss-reactive ketones (excluding diaryl/α,β-unsaturated/α-hetero) is 1. The first kappa shape index (κ1) is 20.2. The fourth-order valence-electron chi connectivity index (χ4n) is 5.36. The lowest BCUT2D eigenvalue weighted by molar-refractivity contribution is 0.0288. The molecule has 0 amide bonds. The Kier molecular flexibility index (Phi) is 5.25. The van der Waals surface area contributed by atoms with Crippen molar-refractivity contribution in [2.24, 2.45) is 0 Å². The van der Waals surface area contributed by atoms with Gasteiger partial charge in [0.25, 0.3) is 0 Å². The third-order valence-corrected chi connectivity index (χ3v) is 7.15. The first-order valence-corrected chi connectivity index (χ1v) is 11.3. The SMILES string of the molecule is Cc1cccc([C@]2(N3CCN(Cc4ccccc4C)CC3)Cc3ccccc3C2=O)c1. The summed E-state index contributed by atoms with van der Waals surface area (Å²) in [5, 5.41) is 0. The van der Waals surface area contributed by atoms with Crippen LogP contribution in [0.15, 0.2) is 72.8 Å². The molecule has 0 radical (unpaired) electrons. The fourth-order valence-corrected chi connectivity index (χ4v) is 5.36. The highest BCUT2D eigenvalue weighted by Crippen LogP contribution is 2.43. The molecule has 2 aliphatic rings. The molecule has 1 fully saturated rings. The van der Waals surface area contributed by atoms with Crippen LogP contribution < -0.4 is 0 Å². The largest absolute Gasteiger partial charge is 0.297 e. The monoisotopic (exact) mass is 410 g/mol. The van der Waals surface area contributed by atoms with E-state index in [9.17, 15) is 4.79 Å². The van der Waals surface area contributed by atoms with Gasteiger partial charge in [-0.25, -0.2) is 0 Å². The van der Waals surface area contributed by atoms with Crippen molar-refractivity contribution in [2.45, 2.75) is 32.4 Å². The van der Waals surface area contributed by atoms with Gasteiger partial charge in [-0.05, 0) is 36.1 Å². The van der Waals surface area contributed by atoms with Gasteiger partial charge in [0.05, 0.1) is 0 Å². The Hall–Kier alpha value is -2.75. The lowest BCUT2D eigenvalue weighted by atomic mass is 9.82. The minimum Gasteiger partial charge on any atom is -0.297 e. The van der Waals surface area contributed by atoms with E-state index in [0.29, 0.717) is 0 Å². The van der Waals surface area contributed by atoms with Crippen LogP contribution in [0.25, 0.3) is 0 Å². The van der Waals surface area contributed by atoms with Crippen molar-refractivity contribution in [3.05, 3.63) is 106 Å². The molecule has 0 unspecified atom stereocenters. The van der Waals surface area contributed by atoms with Gasteiger partial charge in [0.1, 0.15) is 5.54 Å². The number of aryl methyl sites for hydroxylation is 2. The number of hydrogen-bond donors (Lipinski definition) is 0. The van der Waals surface area contributed by atoms with Gasteiger partial charge < -0.3 is 0 Å². The molecule has 3 aromatic rings. The Morgan fingerprint density at radius 3 is 2.32 bits per heavy atom. The molecule has 3 nitrogen and oxygen atoms in total. The summed E-state index contributed by atoms with van der Waals surface area (Å²) in [5.74, 6) is 0.265. The van der Waals surface area contributed by atoms with E-state index in [1.54, 1.807) is 0 Å². The van der Waals surface area contributed by atoms with E-state index in [-0.39, 0.29) is 5.78 Å². The van der Waals surface area contributed by atoms with E-state index in [0.717, 1.165) is 50.3 Å². The van der Waals surface area contributed by atoms with Crippen LogP contribution in [0.1, 0.15) is 38.2 Å². The minimum atomic E-state index is -0.579. The Morgan fingerprint density at radius 2 is 1.58 bits per heavy atom. The van der Waals surface area contributed by atoms with Crippen molar-refractivity contribution >= 4 is 5.78 Å². The first-order chi connectivity index (χ1) is 15.1. The van der Waals surface area contributed by atoms with Gasteiger partial charge in [-0.15, -0.1) is 0 Å². The number of carbonyl (C=O) groups excluding carboxylic acids is 1. The third kappa shape index (κ3) is 3.52. The van der Waals surface area contributed by atoms with Crippen molar-refractivity contribution in [2.75, 3.05) is 26.2 Å². The van der Waals surface area contributed by atoms with E-state index in [1.807, 2.05) is 12.1 Å². The number of rotatable bonds is 4. The quantitative estimate of drug-likeness (QED) is 0.620. The van der Waals surface area contributed by atoms with E-state index in [4.69, 9.17) is 0 Å². The molecular formula is C28H30N2O. The van der Waals surface area contributed by atoms with Crippen LogP contribution in [0.4, 0.5) is 0 Å². The van der Waals surface area contributed by atoms with Crippen LogP contribution >= 0.6 is 0 Å². The molecular weight excluding hydrogens is 380 g/mol. The second kappa shape index (κ2) is 8.07. The highest BCUT2D eigenvalue weighted by Gasteiger charge is 2.51. The maximum absolute atomic E-state index is 13.9. The third-order valence-electron chi connectivity index (χ3n) is 7.15. The van der Waals surface area contributed by atoms with Crippen molar-refractivity contribution in [1.29, 1.82) is 0 Å². The zero-order valence-corrected chi connectivity index (χ0v) is 18.5. The van der Waals surface area contributed by atoms with Gasteiger partial charge in [-0.2, -0.15) is 0 Å². The van der Waals surface area contributed by atoms with Gasteiger partial charge in [-0.3, -0.25) is 14.6 Å². The number of carbonyl (C=O) groups is 1. The highest BCUT2D eigenvalue weighted by atomic mass is 16.1. The lowest BCUT2D eigenvalue weighted by Crippen LogP contribution is -2.58. The molecule has 0 N–H and O–H groups in total. The normalized spacial score (nSPS) is 21.9. The number of benzene rings is 3.